The van der Waals surface area contributed by atoms with Crippen molar-refractivity contribution in [1.82, 2.24) is 5.32 Å². The molecule has 0 aromatic rings. The van der Waals surface area contributed by atoms with Gasteiger partial charge in [-0.2, -0.15) is 0 Å². The number of ether oxygens (including phenoxy) is 4. The number of hydrogen-bond acceptors (Lipinski definition) is 6. The first kappa shape index (κ1) is 22.7. The average molecular weight is 347 g/mol. The van der Waals surface area contributed by atoms with Gasteiger partial charge in [0.15, 0.2) is 0 Å². The smallest absolute Gasteiger partial charge is 0.407 e. The largest absolute Gasteiger partial charge is 0.463 e. The highest BCUT2D eigenvalue weighted by Gasteiger charge is 2.11. The molecular weight excluding hydrogens is 314 g/mol. The lowest BCUT2D eigenvalue weighted by Crippen LogP contribution is -2.28. The SMILES string of the molecule is CC(C)(C)OCCOC(=O)CCCNC(=O)OCCOC(C)(C)C. The number of carbonyl (C=O) groups excluding carboxylic acids is 2. The Morgan fingerprint density at radius 2 is 1.29 bits per heavy atom. The molecule has 7 nitrogen and oxygen atoms in total. The van der Waals surface area contributed by atoms with E-state index in [1.165, 1.54) is 0 Å². The molecule has 0 radical (unpaired) electrons. The van der Waals surface area contributed by atoms with Gasteiger partial charge in [0.2, 0.25) is 0 Å². The highest BCUT2D eigenvalue weighted by atomic mass is 16.6. The molecule has 0 aliphatic rings. The van der Waals surface area contributed by atoms with Crippen molar-refractivity contribution < 1.29 is 28.5 Å². The van der Waals surface area contributed by atoms with Gasteiger partial charge in [-0.3, -0.25) is 4.79 Å². The molecule has 0 fully saturated rings. The summed E-state index contributed by atoms with van der Waals surface area (Å²) >= 11 is 0. The maximum absolute atomic E-state index is 11.5. The zero-order chi connectivity index (χ0) is 18.6. The fraction of sp³-hybridized carbons (Fsp3) is 0.882. The van der Waals surface area contributed by atoms with E-state index in [-0.39, 0.29) is 36.8 Å². The lowest BCUT2D eigenvalue weighted by atomic mass is 10.2. The van der Waals surface area contributed by atoms with Crippen molar-refractivity contribution >= 4 is 12.1 Å². The fourth-order valence-electron chi connectivity index (χ4n) is 1.53. The fourth-order valence-corrected chi connectivity index (χ4v) is 1.53. The normalized spacial score (nSPS) is 11.9. The molecule has 0 saturated heterocycles. The van der Waals surface area contributed by atoms with Crippen molar-refractivity contribution in [2.75, 3.05) is 33.0 Å². The second-order valence-electron chi connectivity index (χ2n) is 7.31. The highest BCUT2D eigenvalue weighted by molar-refractivity contribution is 5.69. The molecule has 1 N–H and O–H groups in total. The van der Waals surface area contributed by atoms with Gasteiger partial charge < -0.3 is 24.3 Å². The second-order valence-corrected chi connectivity index (χ2v) is 7.31. The van der Waals surface area contributed by atoms with Crippen LogP contribution in [-0.4, -0.2) is 56.2 Å². The number of alkyl carbamates (subject to hydrolysis) is 1. The Bertz CT molecular complexity index is 334. The number of esters is 1. The molecule has 7 heteroatoms. The molecule has 0 aromatic carbocycles. The number of rotatable bonds is 10. The lowest BCUT2D eigenvalue weighted by molar-refractivity contribution is -0.146. The van der Waals surface area contributed by atoms with Crippen LogP contribution in [0.1, 0.15) is 54.4 Å². The van der Waals surface area contributed by atoms with E-state index >= 15 is 0 Å². The average Bonchev–Trinajstić information content (AvgIpc) is 2.42. The van der Waals surface area contributed by atoms with Gasteiger partial charge in [0, 0.05) is 13.0 Å². The van der Waals surface area contributed by atoms with Gasteiger partial charge in [-0.05, 0) is 48.0 Å². The number of amides is 1. The summed E-state index contributed by atoms with van der Waals surface area (Å²) in [4.78, 5) is 22.9. The van der Waals surface area contributed by atoms with E-state index in [4.69, 9.17) is 18.9 Å². The maximum atomic E-state index is 11.5. The van der Waals surface area contributed by atoms with Crippen molar-refractivity contribution in [2.45, 2.75) is 65.6 Å². The standard InChI is InChI=1S/C17H33NO6/c1-16(2,3)23-12-10-21-14(19)8-7-9-18-15(20)22-11-13-24-17(4,5)6/h7-13H2,1-6H3,(H,18,20). The van der Waals surface area contributed by atoms with E-state index in [1.54, 1.807) is 0 Å². The predicted molar refractivity (Wildman–Crippen MR) is 91.0 cm³/mol. The molecule has 1 amide bonds. The summed E-state index contributed by atoms with van der Waals surface area (Å²) in [6, 6.07) is 0. The van der Waals surface area contributed by atoms with Crippen molar-refractivity contribution in [1.29, 1.82) is 0 Å². The molecule has 0 spiro atoms. The summed E-state index contributed by atoms with van der Waals surface area (Å²) in [6.45, 7) is 13.1. The van der Waals surface area contributed by atoms with Crippen molar-refractivity contribution in [3.63, 3.8) is 0 Å². The molecule has 0 heterocycles. The predicted octanol–water partition coefficient (Wildman–Crippen LogP) is 2.67. The minimum atomic E-state index is -0.514. The van der Waals surface area contributed by atoms with Gasteiger partial charge in [-0.15, -0.1) is 0 Å². The molecule has 0 bridgehead atoms. The maximum Gasteiger partial charge on any atom is 0.407 e. The van der Waals surface area contributed by atoms with Crippen LogP contribution in [-0.2, 0) is 23.7 Å². The molecule has 0 rings (SSSR count). The first-order valence-electron chi connectivity index (χ1n) is 8.34. The Kier molecular flexibility index (Phi) is 10.6. The molecule has 0 atom stereocenters. The molecule has 142 valence electrons. The zero-order valence-corrected chi connectivity index (χ0v) is 15.9. The number of carbonyl (C=O) groups is 2. The zero-order valence-electron chi connectivity index (χ0n) is 15.9. The van der Waals surface area contributed by atoms with E-state index in [0.717, 1.165) is 0 Å². The Balaban J connectivity index is 3.50. The second kappa shape index (κ2) is 11.3. The topological polar surface area (TPSA) is 83.1 Å². The van der Waals surface area contributed by atoms with Gasteiger partial charge in [0.25, 0.3) is 0 Å². The van der Waals surface area contributed by atoms with E-state index in [2.05, 4.69) is 5.32 Å². The quantitative estimate of drug-likeness (QED) is 0.483. The van der Waals surface area contributed by atoms with E-state index < -0.39 is 6.09 Å². The Labute approximate surface area is 145 Å². The van der Waals surface area contributed by atoms with Crippen LogP contribution in [0.2, 0.25) is 0 Å². The van der Waals surface area contributed by atoms with Gasteiger partial charge in [0.05, 0.1) is 24.4 Å². The van der Waals surface area contributed by atoms with Crippen LogP contribution in [0, 0.1) is 0 Å². The van der Waals surface area contributed by atoms with Crippen LogP contribution in [0.3, 0.4) is 0 Å². The van der Waals surface area contributed by atoms with E-state index in [0.29, 0.717) is 26.2 Å². The summed E-state index contributed by atoms with van der Waals surface area (Å²) in [5, 5.41) is 2.57. The Hall–Kier alpha value is -1.34. The van der Waals surface area contributed by atoms with Gasteiger partial charge in [-0.25, -0.2) is 4.79 Å². The first-order valence-corrected chi connectivity index (χ1v) is 8.34. The molecule has 0 aliphatic heterocycles. The summed E-state index contributed by atoms with van der Waals surface area (Å²) in [5.41, 5.74) is -0.493. The van der Waals surface area contributed by atoms with Gasteiger partial charge >= 0.3 is 12.1 Å². The molecule has 0 aliphatic carbocycles. The van der Waals surface area contributed by atoms with Gasteiger partial charge in [-0.1, -0.05) is 0 Å². The number of hydrogen-bond donors (Lipinski definition) is 1. The van der Waals surface area contributed by atoms with Crippen LogP contribution in [0.4, 0.5) is 4.79 Å². The molecule has 0 saturated carbocycles. The van der Waals surface area contributed by atoms with Crippen molar-refractivity contribution in [3.05, 3.63) is 0 Å². The van der Waals surface area contributed by atoms with Crippen molar-refractivity contribution in [2.24, 2.45) is 0 Å². The Morgan fingerprint density at radius 3 is 1.79 bits per heavy atom. The third-order valence-electron chi connectivity index (χ3n) is 2.56. The molecular formula is C17H33NO6. The third kappa shape index (κ3) is 17.0. The summed E-state index contributed by atoms with van der Waals surface area (Å²) < 4.78 is 20.9. The lowest BCUT2D eigenvalue weighted by Gasteiger charge is -2.19. The minimum absolute atomic E-state index is 0.193. The summed E-state index contributed by atoms with van der Waals surface area (Å²) in [5.74, 6) is -0.304. The van der Waals surface area contributed by atoms with E-state index in [1.807, 2.05) is 41.5 Å². The van der Waals surface area contributed by atoms with Crippen molar-refractivity contribution in [3.8, 4) is 0 Å². The van der Waals surface area contributed by atoms with Crippen LogP contribution >= 0.6 is 0 Å². The summed E-state index contributed by atoms with van der Waals surface area (Å²) in [7, 11) is 0. The molecule has 0 unspecified atom stereocenters. The Morgan fingerprint density at radius 1 is 0.792 bits per heavy atom. The van der Waals surface area contributed by atoms with Crippen LogP contribution in [0.15, 0.2) is 0 Å². The number of nitrogens with one attached hydrogen (secondary N) is 1. The van der Waals surface area contributed by atoms with Crippen LogP contribution < -0.4 is 5.32 Å². The van der Waals surface area contributed by atoms with E-state index in [9.17, 15) is 9.59 Å². The molecule has 24 heavy (non-hydrogen) atoms. The monoisotopic (exact) mass is 347 g/mol. The summed E-state index contributed by atoms with van der Waals surface area (Å²) in [6.07, 6.45) is 0.217. The molecule has 0 aromatic heterocycles. The first-order chi connectivity index (χ1) is 11.0. The van der Waals surface area contributed by atoms with Crippen LogP contribution in [0.5, 0.6) is 0 Å². The van der Waals surface area contributed by atoms with Crippen LogP contribution in [0.25, 0.3) is 0 Å². The highest BCUT2D eigenvalue weighted by Crippen LogP contribution is 2.06. The minimum Gasteiger partial charge on any atom is -0.463 e. The van der Waals surface area contributed by atoms with Gasteiger partial charge in [0.1, 0.15) is 13.2 Å². The third-order valence-corrected chi connectivity index (χ3v) is 2.56.